The van der Waals surface area contributed by atoms with E-state index in [9.17, 15) is 9.59 Å². The second-order valence-electron chi connectivity index (χ2n) is 6.61. The summed E-state index contributed by atoms with van der Waals surface area (Å²) in [5.41, 5.74) is 4.65. The Labute approximate surface area is 160 Å². The SMILES string of the molecule is COc1ccc(NC(C)=O)cc1NC(=O)CN[C@@H](C)c1cc(C)ccc1C. The minimum absolute atomic E-state index is 0.0447. The zero-order valence-electron chi connectivity index (χ0n) is 16.5. The Bertz CT molecular complexity index is 833. The molecule has 6 heteroatoms. The fourth-order valence-corrected chi connectivity index (χ4v) is 2.86. The Balaban J connectivity index is 2.02. The van der Waals surface area contributed by atoms with Gasteiger partial charge in [0, 0.05) is 18.7 Å². The number of methoxy groups -OCH3 is 1. The van der Waals surface area contributed by atoms with Crippen molar-refractivity contribution >= 4 is 23.2 Å². The highest BCUT2D eigenvalue weighted by molar-refractivity contribution is 5.95. The van der Waals surface area contributed by atoms with Crippen LogP contribution in [-0.4, -0.2) is 25.5 Å². The van der Waals surface area contributed by atoms with Gasteiger partial charge in [0.1, 0.15) is 5.75 Å². The van der Waals surface area contributed by atoms with Crippen LogP contribution in [0.2, 0.25) is 0 Å². The Hall–Kier alpha value is -2.86. The molecule has 2 aromatic carbocycles. The van der Waals surface area contributed by atoms with Crippen LogP contribution >= 0.6 is 0 Å². The fraction of sp³-hybridized carbons (Fsp3) is 0.333. The highest BCUT2D eigenvalue weighted by Crippen LogP contribution is 2.28. The van der Waals surface area contributed by atoms with Crippen molar-refractivity contribution in [1.82, 2.24) is 5.32 Å². The molecule has 144 valence electrons. The highest BCUT2D eigenvalue weighted by Gasteiger charge is 2.13. The standard InChI is InChI=1S/C21H27N3O3/c1-13-6-7-14(2)18(10-13)15(3)22-12-21(26)24-19-11-17(23-16(4)25)8-9-20(19)27-5/h6-11,15,22H,12H2,1-5H3,(H,23,25)(H,24,26)/t15-/m0/s1. The molecule has 0 heterocycles. The summed E-state index contributed by atoms with van der Waals surface area (Å²) in [7, 11) is 1.53. The topological polar surface area (TPSA) is 79.5 Å². The predicted octanol–water partition coefficient (Wildman–Crippen LogP) is 3.56. The van der Waals surface area contributed by atoms with Crippen LogP contribution in [0.15, 0.2) is 36.4 Å². The first kappa shape index (κ1) is 20.5. The largest absolute Gasteiger partial charge is 0.495 e. The van der Waals surface area contributed by atoms with Crippen molar-refractivity contribution in [2.75, 3.05) is 24.3 Å². The van der Waals surface area contributed by atoms with Crippen molar-refractivity contribution < 1.29 is 14.3 Å². The first-order valence-corrected chi connectivity index (χ1v) is 8.86. The molecule has 1 atom stereocenters. The Morgan fingerprint density at radius 2 is 1.81 bits per heavy atom. The number of carbonyl (C=O) groups excluding carboxylic acids is 2. The van der Waals surface area contributed by atoms with Crippen LogP contribution in [0.1, 0.15) is 36.6 Å². The van der Waals surface area contributed by atoms with Gasteiger partial charge >= 0.3 is 0 Å². The second kappa shape index (κ2) is 9.19. The predicted molar refractivity (Wildman–Crippen MR) is 108 cm³/mol. The molecule has 2 amide bonds. The molecule has 0 fully saturated rings. The lowest BCUT2D eigenvalue weighted by atomic mass is 10.00. The van der Waals surface area contributed by atoms with Gasteiger partial charge in [-0.15, -0.1) is 0 Å². The molecule has 2 aromatic rings. The van der Waals surface area contributed by atoms with Gasteiger partial charge in [-0.25, -0.2) is 0 Å². The van der Waals surface area contributed by atoms with Gasteiger partial charge in [-0.1, -0.05) is 23.8 Å². The van der Waals surface area contributed by atoms with Crippen molar-refractivity contribution in [1.29, 1.82) is 0 Å². The second-order valence-corrected chi connectivity index (χ2v) is 6.61. The van der Waals surface area contributed by atoms with E-state index in [-0.39, 0.29) is 24.4 Å². The van der Waals surface area contributed by atoms with E-state index < -0.39 is 0 Å². The smallest absolute Gasteiger partial charge is 0.238 e. The number of nitrogens with one attached hydrogen (secondary N) is 3. The van der Waals surface area contributed by atoms with Crippen molar-refractivity contribution in [3.8, 4) is 5.75 Å². The molecule has 0 aliphatic carbocycles. The van der Waals surface area contributed by atoms with Crippen molar-refractivity contribution in [2.24, 2.45) is 0 Å². The summed E-state index contributed by atoms with van der Waals surface area (Å²) in [5.74, 6) is 0.159. The minimum Gasteiger partial charge on any atom is -0.495 e. The first-order valence-electron chi connectivity index (χ1n) is 8.86. The summed E-state index contributed by atoms with van der Waals surface area (Å²) in [5, 5.41) is 8.77. The number of benzene rings is 2. The zero-order valence-corrected chi connectivity index (χ0v) is 16.5. The van der Waals surface area contributed by atoms with Crippen LogP contribution in [0.3, 0.4) is 0 Å². The molecule has 0 aromatic heterocycles. The number of carbonyl (C=O) groups is 2. The van der Waals surface area contributed by atoms with Crippen molar-refractivity contribution in [2.45, 2.75) is 33.7 Å². The summed E-state index contributed by atoms with van der Waals surface area (Å²) in [6, 6.07) is 11.4. The van der Waals surface area contributed by atoms with Gasteiger partial charge in [0.15, 0.2) is 0 Å². The van der Waals surface area contributed by atoms with Gasteiger partial charge in [0.2, 0.25) is 11.8 Å². The zero-order chi connectivity index (χ0) is 20.0. The minimum atomic E-state index is -0.189. The summed E-state index contributed by atoms with van der Waals surface area (Å²) in [6.07, 6.45) is 0. The summed E-state index contributed by atoms with van der Waals surface area (Å²) < 4.78 is 5.28. The number of hydrogen-bond donors (Lipinski definition) is 3. The van der Waals surface area contributed by atoms with Gasteiger partial charge in [-0.3, -0.25) is 9.59 Å². The van der Waals surface area contributed by atoms with Gasteiger partial charge in [-0.05, 0) is 50.1 Å². The van der Waals surface area contributed by atoms with Gasteiger partial charge in [0.05, 0.1) is 19.3 Å². The third kappa shape index (κ3) is 5.82. The monoisotopic (exact) mass is 369 g/mol. The quantitative estimate of drug-likeness (QED) is 0.697. The average molecular weight is 369 g/mol. The molecule has 0 bridgehead atoms. The number of rotatable bonds is 7. The molecule has 0 saturated carbocycles. The summed E-state index contributed by atoms with van der Waals surface area (Å²) in [6.45, 7) is 7.73. The molecule has 0 aliphatic heterocycles. The summed E-state index contributed by atoms with van der Waals surface area (Å²) in [4.78, 5) is 23.6. The molecule has 0 spiro atoms. The Kier molecular flexibility index (Phi) is 6.96. The maximum Gasteiger partial charge on any atom is 0.238 e. The van der Waals surface area contributed by atoms with E-state index >= 15 is 0 Å². The molecular formula is C21H27N3O3. The van der Waals surface area contributed by atoms with Gasteiger partial charge < -0.3 is 20.7 Å². The van der Waals surface area contributed by atoms with E-state index in [4.69, 9.17) is 4.74 Å². The normalized spacial score (nSPS) is 11.6. The third-order valence-corrected chi connectivity index (χ3v) is 4.26. The third-order valence-electron chi connectivity index (χ3n) is 4.26. The molecular weight excluding hydrogens is 342 g/mol. The van der Waals surface area contributed by atoms with Crippen LogP contribution in [0.5, 0.6) is 5.75 Å². The lowest BCUT2D eigenvalue weighted by Gasteiger charge is -2.18. The fourth-order valence-electron chi connectivity index (χ4n) is 2.86. The molecule has 0 aliphatic rings. The maximum absolute atomic E-state index is 12.4. The van der Waals surface area contributed by atoms with E-state index in [1.54, 1.807) is 18.2 Å². The number of ether oxygens (including phenoxy) is 1. The van der Waals surface area contributed by atoms with Crippen LogP contribution in [0.4, 0.5) is 11.4 Å². The molecule has 0 saturated heterocycles. The van der Waals surface area contributed by atoms with Crippen LogP contribution < -0.4 is 20.7 Å². The van der Waals surface area contributed by atoms with E-state index in [2.05, 4.69) is 48.0 Å². The molecule has 6 nitrogen and oxygen atoms in total. The lowest BCUT2D eigenvalue weighted by molar-refractivity contribution is -0.115. The van der Waals surface area contributed by atoms with Crippen LogP contribution in [-0.2, 0) is 9.59 Å². The number of anilines is 2. The molecule has 2 rings (SSSR count). The van der Waals surface area contributed by atoms with E-state index in [1.165, 1.54) is 30.7 Å². The van der Waals surface area contributed by atoms with E-state index in [0.29, 0.717) is 17.1 Å². The van der Waals surface area contributed by atoms with E-state index in [1.807, 2.05) is 6.92 Å². The first-order chi connectivity index (χ1) is 12.8. The Morgan fingerprint density at radius 3 is 2.48 bits per heavy atom. The number of amides is 2. The highest BCUT2D eigenvalue weighted by atomic mass is 16.5. The number of hydrogen-bond acceptors (Lipinski definition) is 4. The average Bonchev–Trinajstić information content (AvgIpc) is 2.61. The van der Waals surface area contributed by atoms with Gasteiger partial charge in [-0.2, -0.15) is 0 Å². The van der Waals surface area contributed by atoms with Crippen molar-refractivity contribution in [3.63, 3.8) is 0 Å². The molecule has 3 N–H and O–H groups in total. The lowest BCUT2D eigenvalue weighted by Crippen LogP contribution is -2.30. The Morgan fingerprint density at radius 1 is 1.07 bits per heavy atom. The van der Waals surface area contributed by atoms with Crippen molar-refractivity contribution in [3.05, 3.63) is 53.1 Å². The molecule has 27 heavy (non-hydrogen) atoms. The molecule has 0 radical (unpaired) electrons. The van der Waals surface area contributed by atoms with E-state index in [0.717, 1.165) is 0 Å². The maximum atomic E-state index is 12.4. The summed E-state index contributed by atoms with van der Waals surface area (Å²) >= 11 is 0. The number of aryl methyl sites for hydroxylation is 2. The van der Waals surface area contributed by atoms with Crippen LogP contribution in [0, 0.1) is 13.8 Å². The van der Waals surface area contributed by atoms with Crippen LogP contribution in [0.25, 0.3) is 0 Å². The van der Waals surface area contributed by atoms with Gasteiger partial charge in [0.25, 0.3) is 0 Å². The molecule has 0 unspecified atom stereocenters.